The lowest BCUT2D eigenvalue weighted by molar-refractivity contribution is -0.139. The van der Waals surface area contributed by atoms with Crippen LogP contribution in [0.15, 0.2) is 0 Å². The van der Waals surface area contributed by atoms with E-state index in [-0.39, 0.29) is 5.41 Å². The molecule has 0 bridgehead atoms. The maximum atomic E-state index is 11.5. The minimum absolute atomic E-state index is 0.00694. The molecule has 0 radical (unpaired) electrons. The maximum absolute atomic E-state index is 11.5. The standard InChI is InChI=1S/C8H14N2O/c1-10-5-8(6-10)4-9-3-2-7(8)11/h9H,2-6H2,1H3. The Labute approximate surface area is 66.8 Å². The highest BCUT2D eigenvalue weighted by Crippen LogP contribution is 2.32. The average Bonchev–Trinajstić information content (AvgIpc) is 1.92. The van der Waals surface area contributed by atoms with Gasteiger partial charge < -0.3 is 10.2 Å². The lowest BCUT2D eigenvalue weighted by Gasteiger charge is -2.49. The third-order valence-electron chi connectivity index (χ3n) is 2.73. The van der Waals surface area contributed by atoms with Crippen LogP contribution in [0, 0.1) is 5.41 Å². The van der Waals surface area contributed by atoms with Gasteiger partial charge in [0.2, 0.25) is 0 Å². The van der Waals surface area contributed by atoms with Crippen molar-refractivity contribution in [2.45, 2.75) is 6.42 Å². The molecule has 0 aliphatic carbocycles. The van der Waals surface area contributed by atoms with Gasteiger partial charge >= 0.3 is 0 Å². The molecule has 3 heteroatoms. The Balaban J connectivity index is 2.06. The van der Waals surface area contributed by atoms with E-state index in [2.05, 4.69) is 17.3 Å². The Hall–Kier alpha value is -0.410. The molecule has 2 saturated heterocycles. The fourth-order valence-corrected chi connectivity index (χ4v) is 2.17. The molecule has 0 saturated carbocycles. The predicted octanol–water partition coefficient (Wildman–Crippen LogP) is -0.519. The van der Waals surface area contributed by atoms with Crippen molar-refractivity contribution in [3.8, 4) is 0 Å². The van der Waals surface area contributed by atoms with Crippen molar-refractivity contribution in [2.24, 2.45) is 5.41 Å². The highest BCUT2D eigenvalue weighted by atomic mass is 16.1. The van der Waals surface area contributed by atoms with Crippen LogP contribution in [0.2, 0.25) is 0 Å². The van der Waals surface area contributed by atoms with Crippen LogP contribution in [0.25, 0.3) is 0 Å². The number of carbonyl (C=O) groups is 1. The van der Waals surface area contributed by atoms with Crippen LogP contribution in [-0.2, 0) is 4.79 Å². The van der Waals surface area contributed by atoms with E-state index in [4.69, 9.17) is 0 Å². The Morgan fingerprint density at radius 3 is 2.82 bits per heavy atom. The number of hydrogen-bond donors (Lipinski definition) is 1. The minimum atomic E-state index is 0.00694. The minimum Gasteiger partial charge on any atom is -0.315 e. The van der Waals surface area contributed by atoms with Crippen molar-refractivity contribution in [3.63, 3.8) is 0 Å². The van der Waals surface area contributed by atoms with Crippen molar-refractivity contribution < 1.29 is 4.79 Å². The lowest BCUT2D eigenvalue weighted by Crippen LogP contribution is -2.65. The fourth-order valence-electron chi connectivity index (χ4n) is 2.17. The summed E-state index contributed by atoms with van der Waals surface area (Å²) in [5.41, 5.74) is 0.00694. The van der Waals surface area contributed by atoms with E-state index in [0.29, 0.717) is 5.78 Å². The normalized spacial score (nSPS) is 30.5. The van der Waals surface area contributed by atoms with Crippen molar-refractivity contribution in [1.82, 2.24) is 10.2 Å². The molecule has 0 aromatic carbocycles. The van der Waals surface area contributed by atoms with Gasteiger partial charge in [0.05, 0.1) is 5.41 Å². The van der Waals surface area contributed by atoms with Gasteiger partial charge in [0.25, 0.3) is 0 Å². The molecule has 1 N–H and O–H groups in total. The van der Waals surface area contributed by atoms with E-state index in [1.807, 2.05) is 0 Å². The first-order chi connectivity index (χ1) is 5.23. The number of nitrogens with zero attached hydrogens (tertiary/aromatic N) is 1. The summed E-state index contributed by atoms with van der Waals surface area (Å²) in [5, 5.41) is 3.28. The number of rotatable bonds is 0. The Bertz CT molecular complexity index is 179. The van der Waals surface area contributed by atoms with E-state index < -0.39 is 0 Å². The molecular formula is C8H14N2O. The molecule has 0 aromatic rings. The number of Topliss-reactive ketones (excluding diaryl/α,β-unsaturated/α-hetero) is 1. The Morgan fingerprint density at radius 1 is 1.55 bits per heavy atom. The van der Waals surface area contributed by atoms with Gasteiger partial charge in [0, 0.05) is 32.6 Å². The topological polar surface area (TPSA) is 32.3 Å². The smallest absolute Gasteiger partial charge is 0.144 e. The van der Waals surface area contributed by atoms with Gasteiger partial charge in [-0.2, -0.15) is 0 Å². The summed E-state index contributed by atoms with van der Waals surface area (Å²) in [7, 11) is 2.06. The summed E-state index contributed by atoms with van der Waals surface area (Å²) in [6.45, 7) is 3.69. The van der Waals surface area contributed by atoms with Crippen LogP contribution in [-0.4, -0.2) is 43.9 Å². The number of ketones is 1. The summed E-state index contributed by atoms with van der Waals surface area (Å²) < 4.78 is 0. The van der Waals surface area contributed by atoms with Crippen molar-refractivity contribution in [3.05, 3.63) is 0 Å². The molecule has 0 unspecified atom stereocenters. The SMILES string of the molecule is CN1CC2(CNCCC2=O)C1. The number of nitrogens with one attached hydrogen (secondary N) is 1. The van der Waals surface area contributed by atoms with E-state index in [0.717, 1.165) is 32.6 Å². The van der Waals surface area contributed by atoms with Gasteiger partial charge in [-0.15, -0.1) is 0 Å². The zero-order valence-corrected chi connectivity index (χ0v) is 6.89. The highest BCUT2D eigenvalue weighted by Gasteiger charge is 2.47. The quantitative estimate of drug-likeness (QED) is 0.509. The molecule has 2 aliphatic rings. The second-order valence-corrected chi connectivity index (χ2v) is 3.80. The van der Waals surface area contributed by atoms with E-state index in [1.54, 1.807) is 0 Å². The van der Waals surface area contributed by atoms with Gasteiger partial charge in [0.1, 0.15) is 5.78 Å². The first-order valence-corrected chi connectivity index (χ1v) is 4.16. The zero-order chi connectivity index (χ0) is 7.90. The third-order valence-corrected chi connectivity index (χ3v) is 2.73. The van der Waals surface area contributed by atoms with Crippen molar-refractivity contribution in [1.29, 1.82) is 0 Å². The highest BCUT2D eigenvalue weighted by molar-refractivity contribution is 5.87. The van der Waals surface area contributed by atoms with Crippen LogP contribution >= 0.6 is 0 Å². The van der Waals surface area contributed by atoms with E-state index >= 15 is 0 Å². The number of likely N-dealkylation sites (tertiary alicyclic amines) is 1. The van der Waals surface area contributed by atoms with Crippen LogP contribution in [0.1, 0.15) is 6.42 Å². The van der Waals surface area contributed by atoms with Crippen molar-refractivity contribution >= 4 is 5.78 Å². The van der Waals surface area contributed by atoms with Gasteiger partial charge in [-0.1, -0.05) is 0 Å². The first kappa shape index (κ1) is 7.25. The molecule has 2 aliphatic heterocycles. The summed E-state index contributed by atoms with van der Waals surface area (Å²) in [6.07, 6.45) is 0.730. The molecule has 2 heterocycles. The summed E-state index contributed by atoms with van der Waals surface area (Å²) in [4.78, 5) is 13.7. The van der Waals surface area contributed by atoms with Gasteiger partial charge in [-0.3, -0.25) is 4.79 Å². The monoisotopic (exact) mass is 154 g/mol. The molecule has 0 atom stereocenters. The van der Waals surface area contributed by atoms with Crippen molar-refractivity contribution in [2.75, 3.05) is 33.2 Å². The average molecular weight is 154 g/mol. The Morgan fingerprint density at radius 2 is 2.27 bits per heavy atom. The molecule has 0 aromatic heterocycles. The number of hydrogen-bond acceptors (Lipinski definition) is 3. The number of carbonyl (C=O) groups excluding carboxylic acids is 1. The van der Waals surface area contributed by atoms with E-state index in [9.17, 15) is 4.79 Å². The lowest BCUT2D eigenvalue weighted by atomic mass is 9.73. The molecule has 0 amide bonds. The second-order valence-electron chi connectivity index (χ2n) is 3.80. The Kier molecular flexibility index (Phi) is 1.51. The van der Waals surface area contributed by atoms with Gasteiger partial charge in [-0.25, -0.2) is 0 Å². The maximum Gasteiger partial charge on any atom is 0.144 e. The molecule has 11 heavy (non-hydrogen) atoms. The number of piperidine rings is 1. The molecule has 62 valence electrons. The third kappa shape index (κ3) is 0.993. The molecule has 2 fully saturated rings. The largest absolute Gasteiger partial charge is 0.315 e. The van der Waals surface area contributed by atoms with Crippen LogP contribution in [0.5, 0.6) is 0 Å². The summed E-state index contributed by atoms with van der Waals surface area (Å²) >= 11 is 0. The zero-order valence-electron chi connectivity index (χ0n) is 6.89. The fraction of sp³-hybridized carbons (Fsp3) is 0.875. The molecule has 2 rings (SSSR count). The summed E-state index contributed by atoms with van der Waals surface area (Å²) in [6, 6.07) is 0. The first-order valence-electron chi connectivity index (χ1n) is 4.16. The second kappa shape index (κ2) is 2.29. The molecule has 1 spiro atoms. The van der Waals surface area contributed by atoms with Gasteiger partial charge in [-0.05, 0) is 7.05 Å². The molecular weight excluding hydrogens is 140 g/mol. The molecule has 3 nitrogen and oxygen atoms in total. The van der Waals surface area contributed by atoms with E-state index in [1.165, 1.54) is 0 Å². The van der Waals surface area contributed by atoms with Gasteiger partial charge in [0.15, 0.2) is 0 Å². The van der Waals surface area contributed by atoms with Crippen LogP contribution in [0.3, 0.4) is 0 Å². The van der Waals surface area contributed by atoms with Crippen LogP contribution in [0.4, 0.5) is 0 Å². The predicted molar refractivity (Wildman–Crippen MR) is 42.4 cm³/mol. The summed E-state index contributed by atoms with van der Waals surface area (Å²) in [5.74, 6) is 0.467. The van der Waals surface area contributed by atoms with Crippen LogP contribution < -0.4 is 5.32 Å².